The highest BCUT2D eigenvalue weighted by Gasteiger charge is 2.25. The fourth-order valence-electron chi connectivity index (χ4n) is 2.18. The second kappa shape index (κ2) is 5.67. The molecule has 1 aromatic rings. The first-order chi connectivity index (χ1) is 8.72. The smallest absolute Gasteiger partial charge is 0.328 e. The molecular weight excluding hydrogens is 230 g/mol. The molecule has 0 fully saturated rings. The van der Waals surface area contributed by atoms with Gasteiger partial charge in [-0.3, -0.25) is 4.79 Å². The summed E-state index contributed by atoms with van der Waals surface area (Å²) >= 11 is 0. The van der Waals surface area contributed by atoms with Gasteiger partial charge in [0, 0.05) is 5.56 Å². The summed E-state index contributed by atoms with van der Waals surface area (Å²) in [5.74, 6) is -0.534. The average molecular weight is 247 g/mol. The zero-order valence-electron chi connectivity index (χ0n) is 10.4. The summed E-state index contributed by atoms with van der Waals surface area (Å²) in [6, 6.07) is 6.99. The number of ether oxygens (including phenoxy) is 1. The van der Waals surface area contributed by atoms with E-state index in [2.05, 4.69) is 5.32 Å². The van der Waals surface area contributed by atoms with Gasteiger partial charge in [0.2, 0.25) is 0 Å². The lowest BCUT2D eigenvalue weighted by atomic mass is 9.96. The summed E-state index contributed by atoms with van der Waals surface area (Å²) in [7, 11) is 0. The second-order valence-electron chi connectivity index (χ2n) is 4.33. The number of benzene rings is 1. The molecule has 0 saturated heterocycles. The lowest BCUT2D eigenvalue weighted by molar-refractivity contribution is -0.145. The van der Waals surface area contributed by atoms with Crippen LogP contribution in [-0.2, 0) is 16.0 Å². The Morgan fingerprint density at radius 2 is 2.22 bits per heavy atom. The van der Waals surface area contributed by atoms with E-state index >= 15 is 0 Å². The molecule has 1 amide bonds. The minimum atomic E-state index is -0.522. The molecule has 1 aliphatic heterocycles. The molecule has 1 heterocycles. The van der Waals surface area contributed by atoms with Crippen LogP contribution < -0.4 is 5.32 Å². The van der Waals surface area contributed by atoms with Gasteiger partial charge in [-0.15, -0.1) is 0 Å². The molecule has 96 valence electrons. The number of aryl methyl sites for hydroxylation is 1. The van der Waals surface area contributed by atoms with Crippen LogP contribution in [-0.4, -0.2) is 24.5 Å². The highest BCUT2D eigenvalue weighted by atomic mass is 16.5. The van der Waals surface area contributed by atoms with Crippen LogP contribution >= 0.6 is 0 Å². The number of amides is 1. The molecule has 0 saturated carbocycles. The van der Waals surface area contributed by atoms with E-state index in [4.69, 9.17) is 4.74 Å². The fourth-order valence-corrected chi connectivity index (χ4v) is 2.18. The normalized spacial score (nSPS) is 19.2. The van der Waals surface area contributed by atoms with Gasteiger partial charge in [0.1, 0.15) is 6.04 Å². The van der Waals surface area contributed by atoms with Crippen LogP contribution in [0.15, 0.2) is 24.3 Å². The van der Waals surface area contributed by atoms with Crippen LogP contribution in [0.3, 0.4) is 0 Å². The first kappa shape index (κ1) is 12.6. The molecule has 2 rings (SSSR count). The molecule has 0 spiro atoms. The van der Waals surface area contributed by atoms with E-state index in [0.29, 0.717) is 18.6 Å². The van der Waals surface area contributed by atoms with Crippen LogP contribution in [0, 0.1) is 0 Å². The van der Waals surface area contributed by atoms with E-state index < -0.39 is 6.04 Å². The van der Waals surface area contributed by atoms with Crippen LogP contribution in [0.5, 0.6) is 0 Å². The summed E-state index contributed by atoms with van der Waals surface area (Å²) in [5, 5.41) is 2.75. The molecule has 0 aliphatic carbocycles. The third kappa shape index (κ3) is 2.70. The Kier molecular flexibility index (Phi) is 3.97. The lowest BCUT2D eigenvalue weighted by Gasteiger charge is -2.21. The molecule has 1 N–H and O–H groups in total. The van der Waals surface area contributed by atoms with Crippen molar-refractivity contribution in [3.63, 3.8) is 0 Å². The molecule has 1 aromatic carbocycles. The van der Waals surface area contributed by atoms with Gasteiger partial charge in [-0.05, 0) is 37.8 Å². The number of nitrogens with one attached hydrogen (secondary N) is 1. The quantitative estimate of drug-likeness (QED) is 0.809. The van der Waals surface area contributed by atoms with Crippen molar-refractivity contribution >= 4 is 11.9 Å². The van der Waals surface area contributed by atoms with Gasteiger partial charge in [-0.25, -0.2) is 4.79 Å². The molecule has 1 unspecified atom stereocenters. The van der Waals surface area contributed by atoms with Gasteiger partial charge in [0.05, 0.1) is 6.61 Å². The number of fused-ring (bicyclic) bond motifs is 1. The van der Waals surface area contributed by atoms with Crippen molar-refractivity contribution in [2.24, 2.45) is 0 Å². The van der Waals surface area contributed by atoms with Crippen molar-refractivity contribution in [3.05, 3.63) is 35.4 Å². The van der Waals surface area contributed by atoms with E-state index in [1.54, 1.807) is 13.0 Å². The van der Waals surface area contributed by atoms with E-state index in [1.807, 2.05) is 18.2 Å². The Morgan fingerprint density at radius 3 is 3.00 bits per heavy atom. The Labute approximate surface area is 106 Å². The topological polar surface area (TPSA) is 55.4 Å². The molecule has 18 heavy (non-hydrogen) atoms. The molecule has 1 atom stereocenters. The average Bonchev–Trinajstić information content (AvgIpc) is 2.36. The maximum atomic E-state index is 12.1. The highest BCUT2D eigenvalue weighted by molar-refractivity contribution is 5.98. The summed E-state index contributed by atoms with van der Waals surface area (Å²) in [6.07, 6.45) is 2.30. The minimum Gasteiger partial charge on any atom is -0.464 e. The van der Waals surface area contributed by atoms with Crippen LogP contribution in [0.1, 0.15) is 35.7 Å². The predicted octanol–water partition coefficient (Wildman–Crippen LogP) is 1.68. The molecule has 1 aliphatic rings. The number of hydrogen-bond acceptors (Lipinski definition) is 3. The molecular formula is C14H17NO3. The number of carbonyl (C=O) groups is 2. The SMILES string of the molecule is CCOC(=O)C1CCCc2ccccc2C(=O)N1. The van der Waals surface area contributed by atoms with Crippen molar-refractivity contribution in [1.82, 2.24) is 5.32 Å². The zero-order valence-corrected chi connectivity index (χ0v) is 10.4. The Morgan fingerprint density at radius 1 is 1.44 bits per heavy atom. The lowest BCUT2D eigenvalue weighted by Crippen LogP contribution is -2.43. The van der Waals surface area contributed by atoms with Gasteiger partial charge in [0.15, 0.2) is 0 Å². The van der Waals surface area contributed by atoms with Crippen LogP contribution in [0.4, 0.5) is 0 Å². The largest absolute Gasteiger partial charge is 0.464 e. The number of carbonyl (C=O) groups excluding carboxylic acids is 2. The number of rotatable bonds is 2. The van der Waals surface area contributed by atoms with Gasteiger partial charge < -0.3 is 10.1 Å². The number of hydrogen-bond donors (Lipinski definition) is 1. The Hall–Kier alpha value is -1.84. The fraction of sp³-hybridized carbons (Fsp3) is 0.429. The maximum absolute atomic E-state index is 12.1. The standard InChI is InChI=1S/C14H17NO3/c1-2-18-14(17)12-9-5-7-10-6-3-4-8-11(10)13(16)15-12/h3-4,6,8,12H,2,5,7,9H2,1H3,(H,15,16). The summed E-state index contributed by atoms with van der Waals surface area (Å²) < 4.78 is 4.96. The summed E-state index contributed by atoms with van der Waals surface area (Å²) in [4.78, 5) is 23.7. The Bertz CT molecular complexity index is 456. The van der Waals surface area contributed by atoms with Gasteiger partial charge in [-0.2, -0.15) is 0 Å². The first-order valence-corrected chi connectivity index (χ1v) is 6.27. The highest BCUT2D eigenvalue weighted by Crippen LogP contribution is 2.16. The van der Waals surface area contributed by atoms with E-state index in [9.17, 15) is 9.59 Å². The summed E-state index contributed by atoms with van der Waals surface area (Å²) in [6.45, 7) is 2.10. The molecule has 0 radical (unpaired) electrons. The third-order valence-electron chi connectivity index (χ3n) is 3.08. The Balaban J connectivity index is 2.17. The zero-order chi connectivity index (χ0) is 13.0. The van der Waals surface area contributed by atoms with Crippen molar-refractivity contribution in [2.45, 2.75) is 32.2 Å². The van der Waals surface area contributed by atoms with Gasteiger partial charge in [0.25, 0.3) is 5.91 Å². The van der Waals surface area contributed by atoms with Crippen LogP contribution in [0.2, 0.25) is 0 Å². The van der Waals surface area contributed by atoms with Crippen LogP contribution in [0.25, 0.3) is 0 Å². The van der Waals surface area contributed by atoms with E-state index in [0.717, 1.165) is 18.4 Å². The minimum absolute atomic E-state index is 0.191. The van der Waals surface area contributed by atoms with E-state index in [-0.39, 0.29) is 11.9 Å². The molecule has 0 aromatic heterocycles. The third-order valence-corrected chi connectivity index (χ3v) is 3.08. The van der Waals surface area contributed by atoms with Crippen molar-refractivity contribution in [1.29, 1.82) is 0 Å². The van der Waals surface area contributed by atoms with Gasteiger partial charge in [-0.1, -0.05) is 18.2 Å². The predicted molar refractivity (Wildman–Crippen MR) is 67.3 cm³/mol. The van der Waals surface area contributed by atoms with Gasteiger partial charge >= 0.3 is 5.97 Å². The maximum Gasteiger partial charge on any atom is 0.328 e. The second-order valence-corrected chi connectivity index (χ2v) is 4.33. The van der Waals surface area contributed by atoms with E-state index in [1.165, 1.54) is 0 Å². The summed E-state index contributed by atoms with van der Waals surface area (Å²) in [5.41, 5.74) is 1.70. The monoisotopic (exact) mass is 247 g/mol. The number of esters is 1. The van der Waals surface area contributed by atoms with Crippen molar-refractivity contribution in [2.75, 3.05) is 6.61 Å². The molecule has 4 heteroatoms. The van der Waals surface area contributed by atoms with Crippen molar-refractivity contribution < 1.29 is 14.3 Å². The first-order valence-electron chi connectivity index (χ1n) is 6.27. The molecule has 4 nitrogen and oxygen atoms in total. The van der Waals surface area contributed by atoms with Crippen molar-refractivity contribution in [3.8, 4) is 0 Å². The molecule has 0 bridgehead atoms.